The largest absolute Gasteiger partial charge is 0.507 e. The van der Waals surface area contributed by atoms with Crippen LogP contribution in [-0.4, -0.2) is 29.4 Å². The zero-order valence-corrected chi connectivity index (χ0v) is 18.1. The van der Waals surface area contributed by atoms with E-state index in [0.717, 1.165) is 0 Å². The molecule has 0 radical (unpaired) electrons. The van der Waals surface area contributed by atoms with Crippen LogP contribution in [0.15, 0.2) is 90.5 Å². The highest BCUT2D eigenvalue weighted by Gasteiger charge is 2.46. The van der Waals surface area contributed by atoms with Crippen molar-refractivity contribution in [1.29, 1.82) is 0 Å². The van der Waals surface area contributed by atoms with E-state index in [1.165, 1.54) is 4.90 Å². The average Bonchev–Trinajstić information content (AvgIpc) is 3.13. The summed E-state index contributed by atoms with van der Waals surface area (Å²) < 4.78 is 5.15. The zero-order chi connectivity index (χ0) is 23.4. The molecule has 0 aromatic heterocycles. The van der Waals surface area contributed by atoms with E-state index in [1.807, 2.05) is 25.1 Å². The molecule has 1 aliphatic heterocycles. The predicted molar refractivity (Wildman–Crippen MR) is 125 cm³/mol. The van der Waals surface area contributed by atoms with Gasteiger partial charge in [0.2, 0.25) is 0 Å². The van der Waals surface area contributed by atoms with Crippen LogP contribution in [0.25, 0.3) is 5.76 Å². The highest BCUT2D eigenvalue weighted by molar-refractivity contribution is 6.51. The number of hydrogen-bond acceptors (Lipinski definition) is 5. The third-order valence-corrected chi connectivity index (χ3v) is 5.43. The zero-order valence-electron chi connectivity index (χ0n) is 18.1. The van der Waals surface area contributed by atoms with Gasteiger partial charge >= 0.3 is 5.97 Å². The number of rotatable bonds is 6. The fourth-order valence-corrected chi connectivity index (χ4v) is 3.84. The molecule has 1 amide bonds. The summed E-state index contributed by atoms with van der Waals surface area (Å²) in [4.78, 5) is 39.7. The van der Waals surface area contributed by atoms with Gasteiger partial charge < -0.3 is 9.84 Å². The van der Waals surface area contributed by atoms with Gasteiger partial charge in [0.05, 0.1) is 23.8 Å². The van der Waals surface area contributed by atoms with Gasteiger partial charge in [0.15, 0.2) is 0 Å². The van der Waals surface area contributed by atoms with Crippen LogP contribution in [0.2, 0.25) is 0 Å². The summed E-state index contributed by atoms with van der Waals surface area (Å²) in [5.41, 5.74) is 1.93. The number of benzene rings is 3. The van der Waals surface area contributed by atoms with Crippen molar-refractivity contribution in [3.05, 3.63) is 107 Å². The predicted octanol–water partition coefficient (Wildman–Crippen LogP) is 4.88. The molecule has 1 saturated heterocycles. The third-order valence-electron chi connectivity index (χ3n) is 5.43. The first-order valence-corrected chi connectivity index (χ1v) is 10.7. The standard InChI is InChI=1S/C27H23NO5/c1-2-17-33-27(32)20-13-15-21(16-14-20)28-23(18-9-5-3-6-10-18)22(25(30)26(28)31)24(29)19-11-7-4-8-12-19/h3-16,23,29H,2,17H2,1H3/b24-22+. The molecule has 1 aliphatic rings. The van der Waals surface area contributed by atoms with Crippen LogP contribution in [0.1, 0.15) is 40.9 Å². The number of hydrogen-bond donors (Lipinski definition) is 1. The second kappa shape index (κ2) is 9.53. The van der Waals surface area contributed by atoms with Crippen LogP contribution in [0.5, 0.6) is 0 Å². The minimum atomic E-state index is -0.815. The monoisotopic (exact) mass is 441 g/mol. The number of carbonyl (C=O) groups is 3. The smallest absolute Gasteiger partial charge is 0.338 e. The van der Waals surface area contributed by atoms with Gasteiger partial charge in [-0.3, -0.25) is 14.5 Å². The van der Waals surface area contributed by atoms with Gasteiger partial charge in [-0.1, -0.05) is 67.6 Å². The molecule has 1 heterocycles. The van der Waals surface area contributed by atoms with Crippen LogP contribution in [0.3, 0.4) is 0 Å². The minimum Gasteiger partial charge on any atom is -0.507 e. The van der Waals surface area contributed by atoms with Gasteiger partial charge in [0, 0.05) is 11.3 Å². The lowest BCUT2D eigenvalue weighted by molar-refractivity contribution is -0.132. The summed E-state index contributed by atoms with van der Waals surface area (Å²) in [7, 11) is 0. The van der Waals surface area contributed by atoms with E-state index in [9.17, 15) is 19.5 Å². The average molecular weight is 441 g/mol. The number of esters is 1. The lowest BCUT2D eigenvalue weighted by Gasteiger charge is -2.25. The van der Waals surface area contributed by atoms with Crippen LogP contribution in [0.4, 0.5) is 5.69 Å². The number of Topliss-reactive ketones (excluding diaryl/α,β-unsaturated/α-hetero) is 1. The number of carbonyl (C=O) groups excluding carboxylic acids is 3. The summed E-state index contributed by atoms with van der Waals surface area (Å²) in [5.74, 6) is -2.20. The second-order valence-corrected chi connectivity index (χ2v) is 7.63. The van der Waals surface area contributed by atoms with E-state index in [0.29, 0.717) is 35.4 Å². The molecular formula is C27H23NO5. The summed E-state index contributed by atoms with van der Waals surface area (Å²) in [6, 6.07) is 23.2. The molecule has 33 heavy (non-hydrogen) atoms. The first-order chi connectivity index (χ1) is 16.0. The van der Waals surface area contributed by atoms with E-state index in [1.54, 1.807) is 66.7 Å². The molecule has 0 bridgehead atoms. The van der Waals surface area contributed by atoms with Crippen molar-refractivity contribution in [2.75, 3.05) is 11.5 Å². The molecule has 1 unspecified atom stereocenters. The first-order valence-electron chi connectivity index (χ1n) is 10.7. The number of amides is 1. The summed E-state index contributed by atoms with van der Waals surface area (Å²) >= 11 is 0. The van der Waals surface area contributed by atoms with Crippen molar-refractivity contribution in [3.63, 3.8) is 0 Å². The molecule has 3 aromatic carbocycles. The van der Waals surface area contributed by atoms with Crippen molar-refractivity contribution < 1.29 is 24.2 Å². The molecule has 4 rings (SSSR count). The Balaban J connectivity index is 1.80. The first kappa shape index (κ1) is 22.0. The van der Waals surface area contributed by atoms with Crippen molar-refractivity contribution in [2.45, 2.75) is 19.4 Å². The van der Waals surface area contributed by atoms with E-state index in [2.05, 4.69) is 0 Å². The van der Waals surface area contributed by atoms with Crippen molar-refractivity contribution in [3.8, 4) is 0 Å². The highest BCUT2D eigenvalue weighted by atomic mass is 16.5. The van der Waals surface area contributed by atoms with Crippen molar-refractivity contribution >= 4 is 29.1 Å². The van der Waals surface area contributed by atoms with Crippen molar-refractivity contribution in [1.82, 2.24) is 0 Å². The molecule has 166 valence electrons. The van der Waals surface area contributed by atoms with Gasteiger partial charge in [-0.2, -0.15) is 0 Å². The second-order valence-electron chi connectivity index (χ2n) is 7.63. The van der Waals surface area contributed by atoms with Gasteiger partial charge in [-0.25, -0.2) is 4.79 Å². The Morgan fingerprint density at radius 1 is 0.879 bits per heavy atom. The molecule has 0 saturated carbocycles. The fourth-order valence-electron chi connectivity index (χ4n) is 3.84. The van der Waals surface area contributed by atoms with E-state index < -0.39 is 23.7 Å². The lowest BCUT2D eigenvalue weighted by Crippen LogP contribution is -2.29. The molecule has 3 aromatic rings. The van der Waals surface area contributed by atoms with Gasteiger partial charge in [0.25, 0.3) is 11.7 Å². The van der Waals surface area contributed by atoms with E-state index in [-0.39, 0.29) is 11.3 Å². The topological polar surface area (TPSA) is 83.9 Å². The van der Waals surface area contributed by atoms with Gasteiger partial charge in [0.1, 0.15) is 5.76 Å². The van der Waals surface area contributed by atoms with Crippen molar-refractivity contribution in [2.24, 2.45) is 0 Å². The summed E-state index contributed by atoms with van der Waals surface area (Å²) in [6.07, 6.45) is 0.715. The van der Waals surface area contributed by atoms with E-state index >= 15 is 0 Å². The number of anilines is 1. The fraction of sp³-hybridized carbons (Fsp3) is 0.148. The maximum Gasteiger partial charge on any atom is 0.338 e. The molecule has 6 heteroatoms. The summed E-state index contributed by atoms with van der Waals surface area (Å²) in [5, 5.41) is 11.0. The Hall–Kier alpha value is -4.19. The van der Waals surface area contributed by atoms with Crippen LogP contribution in [0, 0.1) is 0 Å². The summed E-state index contributed by atoms with van der Waals surface area (Å²) in [6.45, 7) is 2.23. The number of aliphatic hydroxyl groups is 1. The van der Waals surface area contributed by atoms with Crippen LogP contribution < -0.4 is 4.90 Å². The number of ether oxygens (including phenoxy) is 1. The Kier molecular flexibility index (Phi) is 6.36. The number of ketones is 1. The third kappa shape index (κ3) is 4.28. The molecule has 6 nitrogen and oxygen atoms in total. The minimum absolute atomic E-state index is 0.0174. The Bertz CT molecular complexity index is 1200. The number of aliphatic hydroxyl groups excluding tert-OH is 1. The maximum atomic E-state index is 13.1. The molecule has 0 spiro atoms. The van der Waals surface area contributed by atoms with Gasteiger partial charge in [-0.05, 0) is 36.2 Å². The Morgan fingerprint density at radius 2 is 1.48 bits per heavy atom. The van der Waals surface area contributed by atoms with Crippen LogP contribution >= 0.6 is 0 Å². The maximum absolute atomic E-state index is 13.1. The number of nitrogens with zero attached hydrogens (tertiary/aromatic N) is 1. The SMILES string of the molecule is CCCOC(=O)c1ccc(N2C(=O)C(=O)/C(=C(/O)c3ccccc3)C2c2ccccc2)cc1. The van der Waals surface area contributed by atoms with Crippen LogP contribution in [-0.2, 0) is 14.3 Å². The Labute approximate surface area is 191 Å². The molecular weight excluding hydrogens is 418 g/mol. The quantitative estimate of drug-likeness (QED) is 0.255. The molecule has 1 atom stereocenters. The Morgan fingerprint density at radius 3 is 2.09 bits per heavy atom. The van der Waals surface area contributed by atoms with Gasteiger partial charge in [-0.15, -0.1) is 0 Å². The lowest BCUT2D eigenvalue weighted by atomic mass is 9.95. The molecule has 1 N–H and O–H groups in total. The molecule has 0 aliphatic carbocycles. The highest BCUT2D eigenvalue weighted by Crippen LogP contribution is 2.42. The normalized spacial score (nSPS) is 17.2. The van der Waals surface area contributed by atoms with E-state index in [4.69, 9.17) is 4.74 Å². The molecule has 1 fully saturated rings.